The Morgan fingerprint density at radius 2 is 1.68 bits per heavy atom. The zero-order chi connectivity index (χ0) is 14.9. The maximum Gasteiger partial charge on any atom is 0.309 e. The van der Waals surface area contributed by atoms with Crippen molar-refractivity contribution in [2.75, 3.05) is 0 Å². The van der Waals surface area contributed by atoms with E-state index in [4.69, 9.17) is 9.84 Å². The van der Waals surface area contributed by atoms with Crippen molar-refractivity contribution < 1.29 is 19.4 Å². The van der Waals surface area contributed by atoms with Crippen molar-refractivity contribution in [2.24, 2.45) is 5.92 Å². The van der Waals surface area contributed by atoms with Crippen molar-refractivity contribution >= 4 is 11.9 Å². The number of carbonyl (C=O) groups excluding carboxylic acids is 1. The lowest BCUT2D eigenvalue weighted by Crippen LogP contribution is -2.28. The van der Waals surface area contributed by atoms with Crippen LogP contribution in [0.2, 0.25) is 0 Å². The lowest BCUT2D eigenvalue weighted by Gasteiger charge is -2.23. The molecule has 0 aliphatic heterocycles. The summed E-state index contributed by atoms with van der Waals surface area (Å²) >= 11 is 0. The molecule has 0 aliphatic rings. The Kier molecular flexibility index (Phi) is 8.44. The van der Waals surface area contributed by atoms with Gasteiger partial charge in [0.2, 0.25) is 0 Å². The van der Waals surface area contributed by atoms with E-state index in [2.05, 4.69) is 0 Å². The molecular formula is C15H28O4. The van der Waals surface area contributed by atoms with Gasteiger partial charge in [-0.2, -0.15) is 0 Å². The van der Waals surface area contributed by atoms with Gasteiger partial charge in [0, 0.05) is 6.42 Å². The fourth-order valence-electron chi connectivity index (χ4n) is 1.89. The third-order valence-electron chi connectivity index (χ3n) is 2.93. The average molecular weight is 272 g/mol. The third kappa shape index (κ3) is 10.5. The molecule has 0 rings (SSSR count). The summed E-state index contributed by atoms with van der Waals surface area (Å²) in [5.41, 5.74) is -0.425. The number of carbonyl (C=O) groups is 2. The van der Waals surface area contributed by atoms with Crippen molar-refractivity contribution in [1.29, 1.82) is 0 Å². The van der Waals surface area contributed by atoms with Gasteiger partial charge in [-0.1, -0.05) is 26.2 Å². The van der Waals surface area contributed by atoms with Crippen LogP contribution in [0.1, 0.15) is 72.6 Å². The SMILES string of the molecule is CCC(CCCCCCC(=O)O)C(=O)OC(C)(C)C. The molecule has 0 fully saturated rings. The lowest BCUT2D eigenvalue weighted by atomic mass is 9.97. The van der Waals surface area contributed by atoms with Crippen molar-refractivity contribution in [3.8, 4) is 0 Å². The van der Waals surface area contributed by atoms with Crippen LogP contribution < -0.4 is 0 Å². The quantitative estimate of drug-likeness (QED) is 0.512. The molecule has 0 aromatic carbocycles. The van der Waals surface area contributed by atoms with Crippen molar-refractivity contribution in [1.82, 2.24) is 0 Å². The normalized spacial score (nSPS) is 13.1. The van der Waals surface area contributed by atoms with Gasteiger partial charge in [-0.3, -0.25) is 9.59 Å². The van der Waals surface area contributed by atoms with Gasteiger partial charge in [-0.05, 0) is 40.0 Å². The molecule has 1 atom stereocenters. The maximum atomic E-state index is 11.9. The lowest BCUT2D eigenvalue weighted by molar-refractivity contribution is -0.160. The number of aliphatic carboxylic acids is 1. The molecule has 0 amide bonds. The topological polar surface area (TPSA) is 63.6 Å². The van der Waals surface area contributed by atoms with Crippen LogP contribution >= 0.6 is 0 Å². The zero-order valence-corrected chi connectivity index (χ0v) is 12.7. The van der Waals surface area contributed by atoms with Crippen LogP contribution in [0, 0.1) is 5.92 Å². The first-order valence-corrected chi connectivity index (χ1v) is 7.21. The van der Waals surface area contributed by atoms with Gasteiger partial charge in [0.05, 0.1) is 5.92 Å². The summed E-state index contributed by atoms with van der Waals surface area (Å²) in [5.74, 6) is -0.876. The van der Waals surface area contributed by atoms with Gasteiger partial charge in [0.25, 0.3) is 0 Å². The molecule has 1 unspecified atom stereocenters. The number of hydrogen-bond donors (Lipinski definition) is 1. The predicted octanol–water partition coefficient (Wildman–Crippen LogP) is 3.78. The monoisotopic (exact) mass is 272 g/mol. The van der Waals surface area contributed by atoms with Crippen molar-refractivity contribution in [2.45, 2.75) is 78.2 Å². The molecule has 0 aromatic rings. The minimum Gasteiger partial charge on any atom is -0.481 e. The van der Waals surface area contributed by atoms with Crippen LogP contribution in [0.3, 0.4) is 0 Å². The molecule has 0 radical (unpaired) electrons. The van der Waals surface area contributed by atoms with E-state index in [9.17, 15) is 9.59 Å². The molecule has 112 valence electrons. The number of carboxylic acids is 1. The van der Waals surface area contributed by atoms with Gasteiger partial charge < -0.3 is 9.84 Å². The number of ether oxygens (including phenoxy) is 1. The van der Waals surface area contributed by atoms with Gasteiger partial charge in [0.15, 0.2) is 0 Å². The van der Waals surface area contributed by atoms with Crippen molar-refractivity contribution in [3.63, 3.8) is 0 Å². The Balaban J connectivity index is 3.82. The molecule has 0 heterocycles. The molecule has 0 saturated carbocycles. The first-order chi connectivity index (χ1) is 8.76. The number of hydrogen-bond acceptors (Lipinski definition) is 3. The van der Waals surface area contributed by atoms with E-state index >= 15 is 0 Å². The summed E-state index contributed by atoms with van der Waals surface area (Å²) in [6.45, 7) is 7.63. The summed E-state index contributed by atoms with van der Waals surface area (Å²) in [6.07, 6.45) is 5.44. The predicted molar refractivity (Wildman–Crippen MR) is 75.0 cm³/mol. The van der Waals surface area contributed by atoms with Gasteiger partial charge in [-0.25, -0.2) is 0 Å². The molecule has 4 heteroatoms. The molecule has 0 spiro atoms. The molecule has 0 aromatic heterocycles. The van der Waals surface area contributed by atoms with Crippen LogP contribution in [-0.2, 0) is 14.3 Å². The Labute approximate surface area is 116 Å². The average Bonchev–Trinajstić information content (AvgIpc) is 2.25. The molecule has 1 N–H and O–H groups in total. The van der Waals surface area contributed by atoms with E-state index in [-0.39, 0.29) is 18.3 Å². The number of unbranched alkanes of at least 4 members (excludes halogenated alkanes) is 3. The van der Waals surface area contributed by atoms with Crippen LogP contribution in [0.4, 0.5) is 0 Å². The van der Waals surface area contributed by atoms with E-state index in [1.54, 1.807) is 0 Å². The molecule has 0 aliphatic carbocycles. The number of carboxylic acid groups (broad SMARTS) is 1. The highest BCUT2D eigenvalue weighted by molar-refractivity contribution is 5.72. The summed E-state index contributed by atoms with van der Waals surface area (Å²) in [5, 5.41) is 8.52. The standard InChI is InChI=1S/C15H28O4/c1-5-12(14(18)19-15(2,3)4)10-8-6-7-9-11-13(16)17/h12H,5-11H2,1-4H3,(H,16,17). The second kappa shape index (κ2) is 8.94. The van der Waals surface area contributed by atoms with Crippen LogP contribution in [0.25, 0.3) is 0 Å². The van der Waals surface area contributed by atoms with E-state index in [0.29, 0.717) is 0 Å². The summed E-state index contributed by atoms with van der Waals surface area (Å²) in [6, 6.07) is 0. The van der Waals surface area contributed by atoms with Gasteiger partial charge >= 0.3 is 11.9 Å². The Morgan fingerprint density at radius 3 is 2.16 bits per heavy atom. The van der Waals surface area contributed by atoms with Gasteiger partial charge in [0.1, 0.15) is 5.60 Å². The van der Waals surface area contributed by atoms with Crippen molar-refractivity contribution in [3.05, 3.63) is 0 Å². The first kappa shape index (κ1) is 17.9. The molecule has 19 heavy (non-hydrogen) atoms. The van der Waals surface area contributed by atoms with E-state index in [1.807, 2.05) is 27.7 Å². The molecule has 0 saturated heterocycles. The highest BCUT2D eigenvalue weighted by Crippen LogP contribution is 2.19. The second-order valence-corrected chi connectivity index (χ2v) is 5.99. The van der Waals surface area contributed by atoms with Gasteiger partial charge in [-0.15, -0.1) is 0 Å². The minimum absolute atomic E-state index is 0.0290. The van der Waals surface area contributed by atoms with Crippen LogP contribution in [0.15, 0.2) is 0 Å². The summed E-state index contributed by atoms with van der Waals surface area (Å²) < 4.78 is 5.38. The molecule has 0 bridgehead atoms. The Morgan fingerprint density at radius 1 is 1.11 bits per heavy atom. The number of esters is 1. The Bertz CT molecular complexity index is 278. The van der Waals surface area contributed by atoms with E-state index in [1.165, 1.54) is 0 Å². The fourth-order valence-corrected chi connectivity index (χ4v) is 1.89. The molecule has 4 nitrogen and oxygen atoms in total. The van der Waals surface area contributed by atoms with E-state index in [0.717, 1.165) is 38.5 Å². The van der Waals surface area contributed by atoms with E-state index < -0.39 is 11.6 Å². The maximum absolute atomic E-state index is 11.9. The number of rotatable bonds is 9. The van der Waals surface area contributed by atoms with Crippen LogP contribution in [0.5, 0.6) is 0 Å². The molecular weight excluding hydrogens is 244 g/mol. The Hall–Kier alpha value is -1.06. The van der Waals surface area contributed by atoms with Crippen LogP contribution in [-0.4, -0.2) is 22.6 Å². The highest BCUT2D eigenvalue weighted by atomic mass is 16.6. The summed E-state index contributed by atoms with van der Waals surface area (Å²) in [7, 11) is 0. The smallest absolute Gasteiger partial charge is 0.309 e. The zero-order valence-electron chi connectivity index (χ0n) is 12.7. The minimum atomic E-state index is -0.736. The first-order valence-electron chi connectivity index (χ1n) is 7.21. The highest BCUT2D eigenvalue weighted by Gasteiger charge is 2.23. The third-order valence-corrected chi connectivity index (χ3v) is 2.93. The summed E-state index contributed by atoms with van der Waals surface area (Å²) in [4.78, 5) is 22.2. The fraction of sp³-hybridized carbons (Fsp3) is 0.867. The second-order valence-electron chi connectivity index (χ2n) is 5.99. The largest absolute Gasteiger partial charge is 0.481 e.